The van der Waals surface area contributed by atoms with Gasteiger partial charge in [0.2, 0.25) is 6.41 Å². The Labute approximate surface area is 169 Å². The molecule has 2 fully saturated rings. The molecule has 0 radical (unpaired) electrons. The van der Waals surface area contributed by atoms with E-state index in [1.807, 2.05) is 26.1 Å². The summed E-state index contributed by atoms with van der Waals surface area (Å²) < 4.78 is 7.13. The number of hydrogen-bond donors (Lipinski definition) is 2. The molecule has 2 aromatic heterocycles. The number of ether oxygens (including phenoxy) is 1. The zero-order chi connectivity index (χ0) is 20.6. The molecule has 0 unspecified atom stereocenters. The maximum Gasteiger partial charge on any atom is 0.207 e. The number of imidazole rings is 1. The summed E-state index contributed by atoms with van der Waals surface area (Å²) in [5.74, 6) is 1.50. The lowest BCUT2D eigenvalue weighted by molar-refractivity contribution is -0.111. The molecule has 2 N–H and O–H groups in total. The molecule has 0 aromatic carbocycles. The van der Waals surface area contributed by atoms with E-state index < -0.39 is 5.54 Å². The number of fused-ring (bicyclic) bond motifs is 1. The highest BCUT2D eigenvalue weighted by Gasteiger charge is 2.33. The highest BCUT2D eigenvalue weighted by atomic mass is 16.5. The first-order valence-electron chi connectivity index (χ1n) is 10.4. The average molecular weight is 389 g/mol. The standard InChI is InChI=1S/C15H19N3O.C4H9NO.C3H8/c1-10-5-4-8-18-13(10)12(11-6-7-11)17-14(18)15(2,3)16-9-19;1-3-6-4-2-5-1;1-3-2/h4-5,8-9,11H,6-7H2,1-3H3,(H,16,19);5H,1-4H2;3H2,1-2H3. The van der Waals surface area contributed by atoms with Crippen molar-refractivity contribution in [2.24, 2.45) is 0 Å². The minimum atomic E-state index is -0.467. The number of hydrogen-bond acceptors (Lipinski definition) is 4. The highest BCUT2D eigenvalue weighted by molar-refractivity contribution is 5.62. The topological polar surface area (TPSA) is 67.7 Å². The van der Waals surface area contributed by atoms with Crippen molar-refractivity contribution < 1.29 is 9.53 Å². The summed E-state index contributed by atoms with van der Waals surface area (Å²) in [5, 5.41) is 6.02. The minimum Gasteiger partial charge on any atom is -0.379 e. The molecule has 6 heteroatoms. The summed E-state index contributed by atoms with van der Waals surface area (Å²) in [6.45, 7) is 14.2. The van der Waals surface area contributed by atoms with Crippen molar-refractivity contribution in [3.63, 3.8) is 0 Å². The number of carbonyl (C=O) groups excluding carboxylic acids is 1. The van der Waals surface area contributed by atoms with Crippen LogP contribution in [0.5, 0.6) is 0 Å². The van der Waals surface area contributed by atoms with E-state index in [1.54, 1.807) is 0 Å². The van der Waals surface area contributed by atoms with Gasteiger partial charge >= 0.3 is 0 Å². The molecule has 1 amide bonds. The van der Waals surface area contributed by atoms with Crippen LogP contribution < -0.4 is 10.6 Å². The maximum absolute atomic E-state index is 10.8. The van der Waals surface area contributed by atoms with E-state index in [0.717, 1.165) is 38.5 Å². The number of aromatic nitrogens is 2. The number of nitrogens with zero attached hydrogens (tertiary/aromatic N) is 2. The Balaban J connectivity index is 0.000000260. The molecule has 1 aliphatic heterocycles. The molecule has 3 heterocycles. The van der Waals surface area contributed by atoms with Crippen molar-refractivity contribution in [3.8, 4) is 0 Å². The van der Waals surface area contributed by atoms with Crippen molar-refractivity contribution >= 4 is 11.9 Å². The lowest BCUT2D eigenvalue weighted by Crippen LogP contribution is -2.37. The third kappa shape index (κ3) is 5.79. The predicted octanol–water partition coefficient (Wildman–Crippen LogP) is 3.52. The van der Waals surface area contributed by atoms with Gasteiger partial charge < -0.3 is 19.8 Å². The van der Waals surface area contributed by atoms with Gasteiger partial charge in [-0.2, -0.15) is 0 Å². The molecule has 6 nitrogen and oxygen atoms in total. The molecule has 2 aliphatic rings. The van der Waals surface area contributed by atoms with Crippen LogP contribution in [0.15, 0.2) is 18.3 Å². The number of aryl methyl sites for hydroxylation is 1. The average Bonchev–Trinajstić information content (AvgIpc) is 3.44. The highest BCUT2D eigenvalue weighted by Crippen LogP contribution is 2.43. The Kier molecular flexibility index (Phi) is 8.45. The molecule has 0 atom stereocenters. The molecule has 1 aliphatic carbocycles. The third-order valence-corrected chi connectivity index (χ3v) is 4.68. The number of carbonyl (C=O) groups is 1. The normalized spacial score (nSPS) is 16.5. The van der Waals surface area contributed by atoms with E-state index in [0.29, 0.717) is 5.92 Å². The number of pyridine rings is 1. The largest absolute Gasteiger partial charge is 0.379 e. The minimum absolute atomic E-state index is 0.467. The predicted molar refractivity (Wildman–Crippen MR) is 114 cm³/mol. The van der Waals surface area contributed by atoms with E-state index in [4.69, 9.17) is 9.72 Å². The summed E-state index contributed by atoms with van der Waals surface area (Å²) in [5.41, 5.74) is 3.17. The first-order valence-corrected chi connectivity index (χ1v) is 10.4. The summed E-state index contributed by atoms with van der Waals surface area (Å²) in [6.07, 6.45) is 6.47. The monoisotopic (exact) mass is 388 g/mol. The number of rotatable bonds is 4. The van der Waals surface area contributed by atoms with E-state index in [9.17, 15) is 4.79 Å². The Morgan fingerprint density at radius 3 is 2.43 bits per heavy atom. The summed E-state index contributed by atoms with van der Waals surface area (Å²) in [4.78, 5) is 15.6. The first kappa shape index (κ1) is 22.4. The van der Waals surface area contributed by atoms with Crippen LogP contribution in [0.2, 0.25) is 0 Å². The first-order chi connectivity index (χ1) is 13.5. The molecule has 1 saturated heterocycles. The molecule has 4 rings (SSSR count). The molecule has 28 heavy (non-hydrogen) atoms. The van der Waals surface area contributed by atoms with Crippen LogP contribution in [-0.2, 0) is 15.1 Å². The van der Waals surface area contributed by atoms with Crippen LogP contribution in [0.1, 0.15) is 70.0 Å². The Morgan fingerprint density at radius 2 is 1.96 bits per heavy atom. The maximum atomic E-state index is 10.8. The Morgan fingerprint density at radius 1 is 1.32 bits per heavy atom. The second kappa shape index (κ2) is 10.6. The van der Waals surface area contributed by atoms with Crippen molar-refractivity contribution in [2.45, 2.75) is 65.3 Å². The smallest absolute Gasteiger partial charge is 0.207 e. The van der Waals surface area contributed by atoms with Gasteiger partial charge in [0.15, 0.2) is 0 Å². The van der Waals surface area contributed by atoms with Gasteiger partial charge in [-0.25, -0.2) is 4.98 Å². The van der Waals surface area contributed by atoms with Gasteiger partial charge in [-0.3, -0.25) is 4.79 Å². The van der Waals surface area contributed by atoms with Crippen LogP contribution in [0.4, 0.5) is 0 Å². The Bertz CT molecular complexity index is 735. The third-order valence-electron chi connectivity index (χ3n) is 4.68. The van der Waals surface area contributed by atoms with Crippen molar-refractivity contribution in [1.29, 1.82) is 0 Å². The van der Waals surface area contributed by atoms with Crippen LogP contribution >= 0.6 is 0 Å². The number of morpholine rings is 1. The summed E-state index contributed by atoms with van der Waals surface area (Å²) >= 11 is 0. The molecule has 0 bridgehead atoms. The molecular formula is C22H36N4O2. The van der Waals surface area contributed by atoms with Gasteiger partial charge in [0.05, 0.1) is 30.0 Å². The van der Waals surface area contributed by atoms with Crippen molar-refractivity contribution in [1.82, 2.24) is 20.0 Å². The van der Waals surface area contributed by atoms with Crippen LogP contribution in [0, 0.1) is 6.92 Å². The fourth-order valence-corrected chi connectivity index (χ4v) is 3.15. The van der Waals surface area contributed by atoms with E-state index >= 15 is 0 Å². The van der Waals surface area contributed by atoms with Crippen LogP contribution in [0.3, 0.4) is 0 Å². The lowest BCUT2D eigenvalue weighted by Gasteiger charge is -2.22. The molecule has 156 valence electrons. The van der Waals surface area contributed by atoms with Gasteiger partial charge in [-0.05, 0) is 45.2 Å². The van der Waals surface area contributed by atoms with E-state index in [1.165, 1.54) is 36.0 Å². The van der Waals surface area contributed by atoms with Gasteiger partial charge in [0.1, 0.15) is 5.82 Å². The van der Waals surface area contributed by atoms with Crippen LogP contribution in [-0.4, -0.2) is 42.1 Å². The fourth-order valence-electron chi connectivity index (χ4n) is 3.15. The summed E-state index contributed by atoms with van der Waals surface area (Å²) in [7, 11) is 0. The molecular weight excluding hydrogens is 352 g/mol. The second-order valence-corrected chi connectivity index (χ2v) is 7.96. The zero-order valence-electron chi connectivity index (χ0n) is 18.0. The second-order valence-electron chi connectivity index (χ2n) is 7.96. The molecule has 0 spiro atoms. The van der Waals surface area contributed by atoms with Gasteiger partial charge in [-0.1, -0.05) is 26.3 Å². The van der Waals surface area contributed by atoms with Crippen molar-refractivity contribution in [2.75, 3.05) is 26.3 Å². The quantitative estimate of drug-likeness (QED) is 0.787. The van der Waals surface area contributed by atoms with Crippen LogP contribution in [0.25, 0.3) is 5.52 Å². The zero-order valence-corrected chi connectivity index (χ0v) is 18.0. The number of nitrogens with one attached hydrogen (secondary N) is 2. The molecule has 1 saturated carbocycles. The van der Waals surface area contributed by atoms with E-state index in [-0.39, 0.29) is 0 Å². The molecule has 2 aromatic rings. The SMILES string of the molecule is C1COCCN1.CCC.Cc1cccn2c(C(C)(C)NC=O)nc(C3CC3)c12. The van der Waals surface area contributed by atoms with Gasteiger partial charge in [-0.15, -0.1) is 0 Å². The lowest BCUT2D eigenvalue weighted by atomic mass is 10.1. The van der Waals surface area contributed by atoms with Gasteiger partial charge in [0, 0.05) is 25.2 Å². The summed E-state index contributed by atoms with van der Waals surface area (Å²) in [6, 6.07) is 4.15. The van der Waals surface area contributed by atoms with Crippen molar-refractivity contribution in [3.05, 3.63) is 35.4 Å². The van der Waals surface area contributed by atoms with E-state index in [2.05, 4.69) is 41.9 Å². The fraction of sp³-hybridized carbons (Fsp3) is 0.636. The Hall–Kier alpha value is -1.92. The number of amides is 1. The van der Waals surface area contributed by atoms with Gasteiger partial charge in [0.25, 0.3) is 0 Å².